The van der Waals surface area contributed by atoms with Crippen molar-refractivity contribution in [3.8, 4) is 5.88 Å². The normalized spacial score (nSPS) is 12.1. The molecule has 104 valence electrons. The monoisotopic (exact) mass is 286 g/mol. The van der Waals surface area contributed by atoms with Crippen molar-refractivity contribution in [3.05, 3.63) is 18.1 Å². The van der Waals surface area contributed by atoms with E-state index in [2.05, 4.69) is 20.3 Å². The van der Waals surface area contributed by atoms with E-state index in [4.69, 9.17) is 9.79 Å². The third-order valence-electron chi connectivity index (χ3n) is 2.67. The minimum absolute atomic E-state index is 0.0919. The molecule has 0 radical (unpaired) electrons. The number of aromatic nitrogens is 3. The lowest BCUT2D eigenvalue weighted by molar-refractivity contribution is 0.372. The summed E-state index contributed by atoms with van der Waals surface area (Å²) >= 11 is 0. The van der Waals surface area contributed by atoms with E-state index < -0.39 is 7.60 Å². The van der Waals surface area contributed by atoms with Crippen molar-refractivity contribution in [1.29, 1.82) is 0 Å². The van der Waals surface area contributed by atoms with Crippen molar-refractivity contribution >= 4 is 18.6 Å². The van der Waals surface area contributed by atoms with Gasteiger partial charge in [-0.25, -0.2) is 9.97 Å². The first kappa shape index (κ1) is 14.0. The summed E-state index contributed by atoms with van der Waals surface area (Å²) in [6, 6.07) is 0. The maximum Gasteiger partial charge on any atom is 0.326 e. The molecule has 0 spiro atoms. The molecule has 0 fully saturated rings. The molecule has 0 aliphatic rings. The molecule has 0 amide bonds. The summed E-state index contributed by atoms with van der Waals surface area (Å²) in [6.07, 6.45) is 3.49. The van der Waals surface area contributed by atoms with Crippen LogP contribution in [0, 0.1) is 0 Å². The Kier molecular flexibility index (Phi) is 4.16. The van der Waals surface area contributed by atoms with Crippen LogP contribution in [0.4, 0.5) is 0 Å². The van der Waals surface area contributed by atoms with Crippen LogP contribution >= 0.6 is 7.60 Å². The van der Waals surface area contributed by atoms with Gasteiger partial charge in [-0.05, 0) is 18.5 Å². The van der Waals surface area contributed by atoms with E-state index in [1.54, 1.807) is 6.20 Å². The van der Waals surface area contributed by atoms with Crippen molar-refractivity contribution in [2.75, 3.05) is 19.3 Å². The van der Waals surface area contributed by atoms with Gasteiger partial charge in [-0.1, -0.05) is 0 Å². The zero-order valence-corrected chi connectivity index (χ0v) is 11.0. The van der Waals surface area contributed by atoms with Crippen LogP contribution in [-0.4, -0.2) is 49.1 Å². The smallest absolute Gasteiger partial charge is 0.326 e. The number of aromatic amines is 1. The van der Waals surface area contributed by atoms with Crippen LogP contribution in [0.3, 0.4) is 0 Å². The lowest BCUT2D eigenvalue weighted by Gasteiger charge is -2.05. The highest BCUT2D eigenvalue weighted by molar-refractivity contribution is 7.51. The van der Waals surface area contributed by atoms with Crippen molar-refractivity contribution in [3.63, 3.8) is 0 Å². The molecule has 0 aliphatic heterocycles. The molecule has 0 aromatic carbocycles. The van der Waals surface area contributed by atoms with Gasteiger partial charge in [0.05, 0.1) is 11.7 Å². The average Bonchev–Trinajstić information content (AvgIpc) is 2.72. The van der Waals surface area contributed by atoms with E-state index in [0.29, 0.717) is 24.0 Å². The van der Waals surface area contributed by atoms with Gasteiger partial charge in [0, 0.05) is 12.7 Å². The average molecular weight is 286 g/mol. The number of hydrogen-bond donors (Lipinski definition) is 5. The molecule has 2 aromatic rings. The Morgan fingerprint density at radius 2 is 2.11 bits per heavy atom. The SMILES string of the molecule is O=P(O)(O)CCNCCc1c[nH]c2c(O)ncnc12. The van der Waals surface area contributed by atoms with Crippen LogP contribution in [0.1, 0.15) is 5.56 Å². The molecule has 2 heterocycles. The predicted molar refractivity (Wildman–Crippen MR) is 69.0 cm³/mol. The quantitative estimate of drug-likeness (QED) is 0.372. The van der Waals surface area contributed by atoms with Crippen LogP contribution < -0.4 is 5.32 Å². The molecule has 0 aliphatic carbocycles. The molecule has 0 atom stereocenters. The lowest BCUT2D eigenvalue weighted by atomic mass is 10.2. The van der Waals surface area contributed by atoms with Gasteiger partial charge in [-0.3, -0.25) is 4.57 Å². The molecule has 9 heteroatoms. The summed E-state index contributed by atoms with van der Waals surface area (Å²) in [5, 5.41) is 12.4. The van der Waals surface area contributed by atoms with Gasteiger partial charge in [-0.2, -0.15) is 0 Å². The third kappa shape index (κ3) is 3.74. The second-order valence-electron chi connectivity index (χ2n) is 4.12. The fraction of sp³-hybridized carbons (Fsp3) is 0.400. The summed E-state index contributed by atoms with van der Waals surface area (Å²) in [4.78, 5) is 28.0. The topological polar surface area (TPSA) is 131 Å². The van der Waals surface area contributed by atoms with Gasteiger partial charge in [0.2, 0.25) is 5.88 Å². The number of nitrogens with one attached hydrogen (secondary N) is 2. The summed E-state index contributed by atoms with van der Waals surface area (Å²) in [5.41, 5.74) is 2.06. The van der Waals surface area contributed by atoms with Gasteiger partial charge in [-0.15, -0.1) is 0 Å². The Hall–Kier alpha value is -1.47. The predicted octanol–water partition coefficient (Wildman–Crippen LogP) is -0.0267. The zero-order valence-electron chi connectivity index (χ0n) is 10.1. The first-order valence-corrected chi connectivity index (χ1v) is 7.52. The first-order valence-electron chi connectivity index (χ1n) is 5.72. The number of nitrogens with zero attached hydrogens (tertiary/aromatic N) is 2. The Morgan fingerprint density at radius 3 is 2.84 bits per heavy atom. The van der Waals surface area contributed by atoms with Crippen molar-refractivity contribution in [2.24, 2.45) is 0 Å². The van der Waals surface area contributed by atoms with E-state index in [1.807, 2.05) is 0 Å². The van der Waals surface area contributed by atoms with Gasteiger partial charge in [0.1, 0.15) is 11.8 Å². The number of aromatic hydroxyl groups is 1. The Bertz CT molecular complexity index is 609. The maximum absolute atomic E-state index is 10.6. The Balaban J connectivity index is 1.89. The molecule has 0 saturated heterocycles. The second kappa shape index (κ2) is 5.66. The minimum atomic E-state index is -3.93. The van der Waals surface area contributed by atoms with E-state index >= 15 is 0 Å². The summed E-state index contributed by atoms with van der Waals surface area (Å²) in [6.45, 7) is 0.824. The largest absolute Gasteiger partial charge is 0.492 e. The molecule has 2 rings (SSSR count). The van der Waals surface area contributed by atoms with E-state index in [1.165, 1.54) is 6.33 Å². The molecule has 0 unspecified atom stereocenters. The number of rotatable bonds is 6. The standard InChI is InChI=1S/C10H15N4O4P/c15-10-9-8(13-6-14-10)7(5-12-9)1-2-11-3-4-19(16,17)18/h5-6,11-12H,1-4H2,(H,13,14,15)(H2,16,17,18). The lowest BCUT2D eigenvalue weighted by Crippen LogP contribution is -2.21. The molecule has 19 heavy (non-hydrogen) atoms. The van der Waals surface area contributed by atoms with Gasteiger partial charge >= 0.3 is 7.60 Å². The van der Waals surface area contributed by atoms with E-state index in [-0.39, 0.29) is 18.6 Å². The van der Waals surface area contributed by atoms with Crippen LogP contribution in [-0.2, 0) is 11.0 Å². The van der Waals surface area contributed by atoms with Crippen LogP contribution in [0.15, 0.2) is 12.5 Å². The van der Waals surface area contributed by atoms with Gasteiger partial charge in [0.25, 0.3) is 0 Å². The number of H-pyrrole nitrogens is 1. The highest BCUT2D eigenvalue weighted by atomic mass is 31.2. The van der Waals surface area contributed by atoms with Crippen LogP contribution in [0.5, 0.6) is 5.88 Å². The van der Waals surface area contributed by atoms with Gasteiger partial charge in [0.15, 0.2) is 0 Å². The summed E-state index contributed by atoms with van der Waals surface area (Å²) in [7, 11) is -3.93. The van der Waals surface area contributed by atoms with E-state index in [9.17, 15) is 9.67 Å². The number of hydrogen-bond acceptors (Lipinski definition) is 5. The zero-order chi connectivity index (χ0) is 13.9. The molecular formula is C10H15N4O4P. The fourth-order valence-corrected chi connectivity index (χ4v) is 2.19. The molecule has 2 aromatic heterocycles. The summed E-state index contributed by atoms with van der Waals surface area (Å²) in [5.74, 6) is -0.0919. The number of fused-ring (bicyclic) bond motifs is 1. The Morgan fingerprint density at radius 1 is 1.32 bits per heavy atom. The summed E-state index contributed by atoms with van der Waals surface area (Å²) < 4.78 is 10.6. The third-order valence-corrected chi connectivity index (χ3v) is 3.48. The minimum Gasteiger partial charge on any atom is -0.492 e. The molecule has 8 nitrogen and oxygen atoms in total. The van der Waals surface area contributed by atoms with Crippen LogP contribution in [0.2, 0.25) is 0 Å². The highest BCUT2D eigenvalue weighted by Crippen LogP contribution is 2.32. The molecule has 5 N–H and O–H groups in total. The maximum atomic E-state index is 10.6. The second-order valence-corrected chi connectivity index (χ2v) is 5.90. The van der Waals surface area contributed by atoms with Crippen molar-refractivity contribution in [2.45, 2.75) is 6.42 Å². The van der Waals surface area contributed by atoms with Gasteiger partial charge < -0.3 is 25.2 Å². The molecule has 0 saturated carbocycles. The Labute approximate surface area is 109 Å². The van der Waals surface area contributed by atoms with Crippen LogP contribution in [0.25, 0.3) is 11.0 Å². The van der Waals surface area contributed by atoms with Crippen molar-refractivity contribution < 1.29 is 19.5 Å². The highest BCUT2D eigenvalue weighted by Gasteiger charge is 2.12. The first-order chi connectivity index (χ1) is 8.97. The fourth-order valence-electron chi connectivity index (χ4n) is 1.74. The van der Waals surface area contributed by atoms with Crippen molar-refractivity contribution in [1.82, 2.24) is 20.3 Å². The molecular weight excluding hydrogens is 271 g/mol. The molecule has 0 bridgehead atoms. The van der Waals surface area contributed by atoms with E-state index in [0.717, 1.165) is 5.56 Å².